The number of para-hydroxylation sites is 2. The Bertz CT molecular complexity index is 552. The highest BCUT2D eigenvalue weighted by molar-refractivity contribution is 5.48. The Hall–Kier alpha value is -2.36. The normalized spacial score (nSPS) is 9.94. The van der Waals surface area contributed by atoms with E-state index in [0.717, 1.165) is 5.56 Å². The first-order valence-corrected chi connectivity index (χ1v) is 5.15. The molecule has 0 aliphatic carbocycles. The standard InChI is InChI=1S/C13H11NO3/c1-10-5-4-6-11(9-10)17-13-8-3-2-7-12(13)14(15)16/h2-9H,1H3. The lowest BCUT2D eigenvalue weighted by Crippen LogP contribution is -1.92. The minimum absolute atomic E-state index is 0.0333. The predicted octanol–water partition coefficient (Wildman–Crippen LogP) is 3.70. The van der Waals surface area contributed by atoms with E-state index in [1.807, 2.05) is 25.1 Å². The smallest absolute Gasteiger partial charge is 0.311 e. The average molecular weight is 229 g/mol. The van der Waals surface area contributed by atoms with E-state index < -0.39 is 4.92 Å². The Kier molecular flexibility index (Phi) is 3.05. The first-order valence-electron chi connectivity index (χ1n) is 5.15. The zero-order valence-electron chi connectivity index (χ0n) is 9.29. The summed E-state index contributed by atoms with van der Waals surface area (Å²) in [6, 6.07) is 13.7. The van der Waals surface area contributed by atoms with Gasteiger partial charge in [0.25, 0.3) is 0 Å². The maximum absolute atomic E-state index is 10.8. The van der Waals surface area contributed by atoms with Crippen LogP contribution < -0.4 is 4.74 Å². The van der Waals surface area contributed by atoms with Crippen molar-refractivity contribution in [2.45, 2.75) is 6.92 Å². The molecule has 0 radical (unpaired) electrons. The lowest BCUT2D eigenvalue weighted by molar-refractivity contribution is -0.385. The van der Waals surface area contributed by atoms with Gasteiger partial charge in [-0.15, -0.1) is 0 Å². The van der Waals surface area contributed by atoms with Gasteiger partial charge in [-0.3, -0.25) is 10.1 Å². The molecule has 86 valence electrons. The van der Waals surface area contributed by atoms with Crippen LogP contribution in [0.5, 0.6) is 11.5 Å². The summed E-state index contributed by atoms with van der Waals surface area (Å²) in [5.41, 5.74) is 1.01. The highest BCUT2D eigenvalue weighted by Gasteiger charge is 2.14. The molecular formula is C13H11NO3. The SMILES string of the molecule is Cc1cccc(Oc2ccccc2[N+](=O)[O-])c1. The molecule has 2 rings (SSSR count). The molecule has 0 saturated heterocycles. The number of ether oxygens (including phenoxy) is 1. The van der Waals surface area contributed by atoms with Crippen molar-refractivity contribution in [3.05, 3.63) is 64.2 Å². The highest BCUT2D eigenvalue weighted by Crippen LogP contribution is 2.30. The summed E-state index contributed by atoms with van der Waals surface area (Å²) in [5, 5.41) is 10.8. The van der Waals surface area contributed by atoms with Crippen molar-refractivity contribution in [3.63, 3.8) is 0 Å². The van der Waals surface area contributed by atoms with Crippen molar-refractivity contribution in [1.82, 2.24) is 0 Å². The second-order valence-corrected chi connectivity index (χ2v) is 3.64. The molecule has 0 unspecified atom stereocenters. The summed E-state index contributed by atoms with van der Waals surface area (Å²) in [5.74, 6) is 0.849. The number of hydrogen-bond acceptors (Lipinski definition) is 3. The van der Waals surface area contributed by atoms with Gasteiger partial charge in [0.15, 0.2) is 0 Å². The molecular weight excluding hydrogens is 218 g/mol. The third-order valence-electron chi connectivity index (χ3n) is 2.28. The molecule has 4 heteroatoms. The van der Waals surface area contributed by atoms with Crippen LogP contribution in [0.3, 0.4) is 0 Å². The number of rotatable bonds is 3. The van der Waals surface area contributed by atoms with Crippen LogP contribution in [-0.4, -0.2) is 4.92 Å². The number of nitro benzene ring substituents is 1. The van der Waals surface area contributed by atoms with E-state index in [2.05, 4.69) is 0 Å². The molecule has 0 atom stereocenters. The molecule has 4 nitrogen and oxygen atoms in total. The van der Waals surface area contributed by atoms with Crippen LogP contribution in [0.15, 0.2) is 48.5 Å². The second-order valence-electron chi connectivity index (χ2n) is 3.64. The van der Waals surface area contributed by atoms with Gasteiger partial charge < -0.3 is 4.74 Å². The highest BCUT2D eigenvalue weighted by atomic mass is 16.6. The maximum atomic E-state index is 10.8. The maximum Gasteiger partial charge on any atom is 0.311 e. The van der Waals surface area contributed by atoms with Crippen molar-refractivity contribution >= 4 is 5.69 Å². The molecule has 0 spiro atoms. The van der Waals surface area contributed by atoms with Crippen molar-refractivity contribution < 1.29 is 9.66 Å². The van der Waals surface area contributed by atoms with Crippen molar-refractivity contribution in [2.75, 3.05) is 0 Å². The molecule has 17 heavy (non-hydrogen) atoms. The van der Waals surface area contributed by atoms with E-state index in [-0.39, 0.29) is 11.4 Å². The van der Waals surface area contributed by atoms with Crippen molar-refractivity contribution in [1.29, 1.82) is 0 Å². The Balaban J connectivity index is 2.33. The lowest BCUT2D eigenvalue weighted by atomic mass is 10.2. The molecule has 0 aliphatic heterocycles. The van der Waals surface area contributed by atoms with Gasteiger partial charge in [0.05, 0.1) is 4.92 Å². The first kappa shape index (κ1) is 11.1. The average Bonchev–Trinajstić information content (AvgIpc) is 2.29. The molecule has 0 fully saturated rings. The number of nitrogens with zero attached hydrogens (tertiary/aromatic N) is 1. The third kappa shape index (κ3) is 2.60. The van der Waals surface area contributed by atoms with Crippen LogP contribution in [0.4, 0.5) is 5.69 Å². The van der Waals surface area contributed by atoms with Gasteiger partial charge in [-0.2, -0.15) is 0 Å². The van der Waals surface area contributed by atoms with Crippen molar-refractivity contribution in [2.24, 2.45) is 0 Å². The predicted molar refractivity (Wildman–Crippen MR) is 64.3 cm³/mol. The molecule has 0 heterocycles. The van der Waals surface area contributed by atoms with E-state index in [1.165, 1.54) is 6.07 Å². The molecule has 0 saturated carbocycles. The fraction of sp³-hybridized carbons (Fsp3) is 0.0769. The minimum atomic E-state index is -0.453. The lowest BCUT2D eigenvalue weighted by Gasteiger charge is -2.06. The molecule has 2 aromatic rings. The monoisotopic (exact) mass is 229 g/mol. The number of benzene rings is 2. The number of hydrogen-bond donors (Lipinski definition) is 0. The van der Waals surface area contributed by atoms with Crippen molar-refractivity contribution in [3.8, 4) is 11.5 Å². The summed E-state index contributed by atoms with van der Waals surface area (Å²) < 4.78 is 5.51. The molecule has 2 aromatic carbocycles. The first-order chi connectivity index (χ1) is 8.16. The fourth-order valence-electron chi connectivity index (χ4n) is 1.50. The van der Waals surface area contributed by atoms with Gasteiger partial charge in [-0.25, -0.2) is 0 Å². The zero-order valence-corrected chi connectivity index (χ0v) is 9.29. The molecule has 0 bridgehead atoms. The largest absolute Gasteiger partial charge is 0.450 e. The zero-order chi connectivity index (χ0) is 12.3. The number of nitro groups is 1. The summed E-state index contributed by atoms with van der Waals surface area (Å²) >= 11 is 0. The molecule has 0 aliphatic rings. The van der Waals surface area contributed by atoms with Gasteiger partial charge in [0.2, 0.25) is 5.75 Å². The summed E-state index contributed by atoms with van der Waals surface area (Å²) in [7, 11) is 0. The van der Waals surface area contributed by atoms with Crippen LogP contribution in [0, 0.1) is 17.0 Å². The van der Waals surface area contributed by atoms with Gasteiger partial charge >= 0.3 is 5.69 Å². The van der Waals surface area contributed by atoms with E-state index in [4.69, 9.17) is 4.74 Å². The van der Waals surface area contributed by atoms with Crippen LogP contribution in [0.1, 0.15) is 5.56 Å². The van der Waals surface area contributed by atoms with Gasteiger partial charge in [-0.05, 0) is 30.7 Å². The number of aryl methyl sites for hydroxylation is 1. The van der Waals surface area contributed by atoms with Crippen LogP contribution >= 0.6 is 0 Å². The summed E-state index contributed by atoms with van der Waals surface area (Å²) in [4.78, 5) is 10.4. The molecule has 0 N–H and O–H groups in total. The van der Waals surface area contributed by atoms with Crippen LogP contribution in [-0.2, 0) is 0 Å². The van der Waals surface area contributed by atoms with Gasteiger partial charge in [0.1, 0.15) is 5.75 Å². The quantitative estimate of drug-likeness (QED) is 0.595. The summed E-state index contributed by atoms with van der Waals surface area (Å²) in [6.45, 7) is 1.94. The second kappa shape index (κ2) is 4.65. The van der Waals surface area contributed by atoms with E-state index >= 15 is 0 Å². The van der Waals surface area contributed by atoms with Gasteiger partial charge in [0, 0.05) is 6.07 Å². The van der Waals surface area contributed by atoms with Crippen LogP contribution in [0.2, 0.25) is 0 Å². The Morgan fingerprint density at radius 3 is 2.59 bits per heavy atom. The fourth-order valence-corrected chi connectivity index (χ4v) is 1.50. The minimum Gasteiger partial charge on any atom is -0.450 e. The topological polar surface area (TPSA) is 52.4 Å². The molecule has 0 aromatic heterocycles. The summed E-state index contributed by atoms with van der Waals surface area (Å²) in [6.07, 6.45) is 0. The Labute approximate surface area is 98.6 Å². The Morgan fingerprint density at radius 1 is 1.12 bits per heavy atom. The van der Waals surface area contributed by atoms with Crippen LogP contribution in [0.25, 0.3) is 0 Å². The van der Waals surface area contributed by atoms with E-state index in [0.29, 0.717) is 5.75 Å². The third-order valence-corrected chi connectivity index (χ3v) is 2.28. The van der Waals surface area contributed by atoms with E-state index in [1.54, 1.807) is 24.3 Å². The molecule has 0 amide bonds. The Morgan fingerprint density at radius 2 is 1.88 bits per heavy atom. The van der Waals surface area contributed by atoms with Gasteiger partial charge in [-0.1, -0.05) is 24.3 Å². The van der Waals surface area contributed by atoms with E-state index in [9.17, 15) is 10.1 Å².